The summed E-state index contributed by atoms with van der Waals surface area (Å²) in [6, 6.07) is 4.93. The summed E-state index contributed by atoms with van der Waals surface area (Å²) in [5, 5.41) is 37.8. The topological polar surface area (TPSA) is 80.9 Å². The first-order chi connectivity index (χ1) is 6.58. The molecule has 4 heteroatoms. The molecule has 0 radical (unpaired) electrons. The second kappa shape index (κ2) is 2.70. The predicted octanol–water partition coefficient (Wildman–Crippen LogP) is 1.66. The van der Waals surface area contributed by atoms with Crippen molar-refractivity contribution in [3.63, 3.8) is 0 Å². The van der Waals surface area contributed by atoms with Gasteiger partial charge in [-0.3, -0.25) is 0 Å². The van der Waals surface area contributed by atoms with Gasteiger partial charge in [0, 0.05) is 12.1 Å². The van der Waals surface area contributed by atoms with E-state index >= 15 is 0 Å². The fourth-order valence-electron chi connectivity index (χ4n) is 1.44. The molecular formula is C10H8O4. The van der Waals surface area contributed by atoms with E-state index < -0.39 is 0 Å². The van der Waals surface area contributed by atoms with Gasteiger partial charge in [-0.2, -0.15) is 0 Å². The quantitative estimate of drug-likeness (QED) is 0.511. The number of phenols is 4. The number of hydrogen-bond donors (Lipinski definition) is 4. The van der Waals surface area contributed by atoms with E-state index in [1.54, 1.807) is 0 Å². The molecule has 0 amide bonds. The summed E-state index contributed by atoms with van der Waals surface area (Å²) in [4.78, 5) is 0. The summed E-state index contributed by atoms with van der Waals surface area (Å²) in [5.41, 5.74) is 0. The molecule has 0 heterocycles. The molecule has 0 aliphatic rings. The van der Waals surface area contributed by atoms with Crippen molar-refractivity contribution in [1.82, 2.24) is 0 Å². The van der Waals surface area contributed by atoms with Crippen LogP contribution in [0.2, 0.25) is 0 Å². The maximum Gasteiger partial charge on any atom is 0.130 e. The Hall–Kier alpha value is -2.10. The number of hydrogen-bond acceptors (Lipinski definition) is 4. The third-order valence-corrected chi connectivity index (χ3v) is 1.98. The molecule has 2 rings (SSSR count). The Morgan fingerprint density at radius 3 is 1.50 bits per heavy atom. The van der Waals surface area contributed by atoms with E-state index in [-0.39, 0.29) is 28.4 Å². The lowest BCUT2D eigenvalue weighted by Gasteiger charge is -2.05. The molecule has 0 unspecified atom stereocenters. The summed E-state index contributed by atoms with van der Waals surface area (Å²) in [6.45, 7) is 0. The van der Waals surface area contributed by atoms with Crippen LogP contribution in [0.3, 0.4) is 0 Å². The number of benzene rings is 2. The molecule has 0 bridgehead atoms. The van der Waals surface area contributed by atoms with E-state index in [0.717, 1.165) is 12.1 Å². The summed E-state index contributed by atoms with van der Waals surface area (Å²) in [5.74, 6) is -0.699. The summed E-state index contributed by atoms with van der Waals surface area (Å²) >= 11 is 0. The zero-order chi connectivity index (χ0) is 10.3. The molecule has 0 saturated heterocycles. The maximum absolute atomic E-state index is 9.42. The molecule has 0 aliphatic heterocycles. The minimum Gasteiger partial charge on any atom is -0.508 e. The minimum atomic E-state index is -0.225. The molecule has 2 aromatic carbocycles. The Labute approximate surface area is 79.3 Å². The zero-order valence-corrected chi connectivity index (χ0v) is 7.10. The SMILES string of the molecule is Oc1cc(O)c2c(O)cc(O)cc2c1. The number of aromatic hydroxyl groups is 4. The Bertz CT molecular complexity index is 462. The monoisotopic (exact) mass is 192 g/mol. The van der Waals surface area contributed by atoms with Crippen molar-refractivity contribution in [3.8, 4) is 23.0 Å². The molecule has 0 saturated carbocycles. The Kier molecular flexibility index (Phi) is 1.64. The largest absolute Gasteiger partial charge is 0.508 e. The Balaban J connectivity index is 2.94. The lowest BCUT2D eigenvalue weighted by Crippen LogP contribution is -1.76. The Morgan fingerprint density at radius 2 is 1.07 bits per heavy atom. The third kappa shape index (κ3) is 1.17. The molecule has 0 aliphatic carbocycles. The van der Waals surface area contributed by atoms with Crippen LogP contribution in [0, 0.1) is 0 Å². The average molecular weight is 192 g/mol. The van der Waals surface area contributed by atoms with Gasteiger partial charge in [0.25, 0.3) is 0 Å². The summed E-state index contributed by atoms with van der Waals surface area (Å²) in [6.07, 6.45) is 0. The molecule has 0 atom stereocenters. The highest BCUT2D eigenvalue weighted by Gasteiger charge is 2.08. The van der Waals surface area contributed by atoms with Crippen molar-refractivity contribution < 1.29 is 20.4 Å². The lowest BCUT2D eigenvalue weighted by atomic mass is 10.1. The van der Waals surface area contributed by atoms with Crippen LogP contribution in [0.1, 0.15) is 0 Å². The van der Waals surface area contributed by atoms with Gasteiger partial charge >= 0.3 is 0 Å². The summed E-state index contributed by atoms with van der Waals surface area (Å²) in [7, 11) is 0. The van der Waals surface area contributed by atoms with Gasteiger partial charge in [-0.15, -0.1) is 0 Å². The van der Waals surface area contributed by atoms with Crippen LogP contribution in [0.25, 0.3) is 10.8 Å². The highest BCUT2D eigenvalue weighted by molar-refractivity contribution is 5.95. The van der Waals surface area contributed by atoms with E-state index in [4.69, 9.17) is 10.2 Å². The zero-order valence-electron chi connectivity index (χ0n) is 7.10. The van der Waals surface area contributed by atoms with E-state index in [9.17, 15) is 10.2 Å². The van der Waals surface area contributed by atoms with Gasteiger partial charge in [0.15, 0.2) is 0 Å². The van der Waals surface area contributed by atoms with Crippen molar-refractivity contribution >= 4 is 10.8 Å². The van der Waals surface area contributed by atoms with Crippen LogP contribution in [0.5, 0.6) is 23.0 Å². The molecule has 14 heavy (non-hydrogen) atoms. The van der Waals surface area contributed by atoms with Gasteiger partial charge in [-0.25, -0.2) is 0 Å². The Morgan fingerprint density at radius 1 is 0.643 bits per heavy atom. The molecule has 4 N–H and O–H groups in total. The first kappa shape index (κ1) is 8.50. The van der Waals surface area contributed by atoms with Crippen molar-refractivity contribution in [1.29, 1.82) is 0 Å². The van der Waals surface area contributed by atoms with Crippen LogP contribution in [-0.4, -0.2) is 20.4 Å². The standard InChI is InChI=1S/C10H8O4/c11-6-1-5-2-7(12)4-9(14)10(5)8(13)3-6/h1-4,11-14H. The van der Waals surface area contributed by atoms with Crippen molar-refractivity contribution in [2.24, 2.45) is 0 Å². The second-order valence-electron chi connectivity index (χ2n) is 3.03. The van der Waals surface area contributed by atoms with Crippen molar-refractivity contribution in [3.05, 3.63) is 24.3 Å². The fraction of sp³-hybridized carbons (Fsp3) is 0. The average Bonchev–Trinajstić information content (AvgIpc) is 1.99. The van der Waals surface area contributed by atoms with Gasteiger partial charge in [0.1, 0.15) is 23.0 Å². The molecule has 0 fully saturated rings. The fourth-order valence-corrected chi connectivity index (χ4v) is 1.44. The van der Waals surface area contributed by atoms with Crippen LogP contribution in [0.15, 0.2) is 24.3 Å². The third-order valence-electron chi connectivity index (χ3n) is 1.98. The highest BCUT2D eigenvalue weighted by atomic mass is 16.3. The van der Waals surface area contributed by atoms with Gasteiger partial charge in [0.05, 0.1) is 5.39 Å². The van der Waals surface area contributed by atoms with E-state index in [1.807, 2.05) is 0 Å². The van der Waals surface area contributed by atoms with Gasteiger partial charge in [0.2, 0.25) is 0 Å². The van der Waals surface area contributed by atoms with E-state index in [0.29, 0.717) is 5.39 Å². The molecule has 0 spiro atoms. The minimum absolute atomic E-state index is 0.125. The van der Waals surface area contributed by atoms with Crippen LogP contribution >= 0.6 is 0 Å². The van der Waals surface area contributed by atoms with E-state index in [2.05, 4.69) is 0 Å². The number of fused-ring (bicyclic) bond motifs is 1. The molecular weight excluding hydrogens is 184 g/mol. The predicted molar refractivity (Wildman–Crippen MR) is 50.6 cm³/mol. The molecule has 72 valence electrons. The van der Waals surface area contributed by atoms with Gasteiger partial charge < -0.3 is 20.4 Å². The smallest absolute Gasteiger partial charge is 0.130 e. The van der Waals surface area contributed by atoms with Crippen LogP contribution in [-0.2, 0) is 0 Å². The van der Waals surface area contributed by atoms with Gasteiger partial charge in [-0.05, 0) is 17.5 Å². The number of rotatable bonds is 0. The number of phenolic OH excluding ortho intramolecular Hbond substituents is 4. The maximum atomic E-state index is 9.42. The lowest BCUT2D eigenvalue weighted by molar-refractivity contribution is 0.443. The normalized spacial score (nSPS) is 10.6. The first-order valence-corrected chi connectivity index (χ1v) is 3.95. The highest BCUT2D eigenvalue weighted by Crippen LogP contribution is 2.38. The van der Waals surface area contributed by atoms with Crippen LogP contribution in [0.4, 0.5) is 0 Å². The van der Waals surface area contributed by atoms with Crippen molar-refractivity contribution in [2.45, 2.75) is 0 Å². The van der Waals surface area contributed by atoms with Gasteiger partial charge in [-0.1, -0.05) is 0 Å². The molecule has 4 nitrogen and oxygen atoms in total. The molecule has 0 aromatic heterocycles. The summed E-state index contributed by atoms with van der Waals surface area (Å²) < 4.78 is 0. The van der Waals surface area contributed by atoms with E-state index in [1.165, 1.54) is 12.1 Å². The second-order valence-corrected chi connectivity index (χ2v) is 3.03. The molecule has 2 aromatic rings. The van der Waals surface area contributed by atoms with Crippen molar-refractivity contribution in [2.75, 3.05) is 0 Å². The first-order valence-electron chi connectivity index (χ1n) is 3.95. The van der Waals surface area contributed by atoms with Crippen LogP contribution < -0.4 is 0 Å².